The molecule has 7 heteroatoms. The fourth-order valence-electron chi connectivity index (χ4n) is 3.35. The van der Waals surface area contributed by atoms with Crippen molar-refractivity contribution in [3.8, 4) is 22.6 Å². The van der Waals surface area contributed by atoms with Crippen molar-refractivity contribution in [2.45, 2.75) is 12.5 Å². The van der Waals surface area contributed by atoms with Crippen LogP contribution in [0.4, 0.5) is 5.95 Å². The number of benzene rings is 1. The number of hydrogen-bond acceptors (Lipinski definition) is 6. The zero-order chi connectivity index (χ0) is 17.3. The van der Waals surface area contributed by atoms with Crippen LogP contribution in [0.15, 0.2) is 54.2 Å². The second-order valence-corrected chi connectivity index (χ2v) is 7.20. The van der Waals surface area contributed by atoms with E-state index in [9.17, 15) is 0 Å². The van der Waals surface area contributed by atoms with Crippen molar-refractivity contribution in [1.82, 2.24) is 24.7 Å². The summed E-state index contributed by atoms with van der Waals surface area (Å²) < 4.78 is 2.11. The molecule has 0 unspecified atom stereocenters. The van der Waals surface area contributed by atoms with Gasteiger partial charge in [-0.05, 0) is 19.0 Å². The van der Waals surface area contributed by atoms with Crippen molar-refractivity contribution >= 4 is 22.2 Å². The Morgan fingerprint density at radius 1 is 1.15 bits per heavy atom. The van der Waals surface area contributed by atoms with Gasteiger partial charge in [0.05, 0.1) is 11.4 Å². The van der Waals surface area contributed by atoms with E-state index in [1.54, 1.807) is 11.3 Å². The van der Waals surface area contributed by atoms with Crippen LogP contribution in [0.25, 0.3) is 27.6 Å². The lowest BCUT2D eigenvalue weighted by Crippen LogP contribution is -2.23. The van der Waals surface area contributed by atoms with Crippen LogP contribution in [0.2, 0.25) is 0 Å². The van der Waals surface area contributed by atoms with E-state index in [4.69, 9.17) is 9.97 Å². The second kappa shape index (κ2) is 6.51. The quantitative estimate of drug-likeness (QED) is 0.583. The van der Waals surface area contributed by atoms with Crippen LogP contribution in [0.3, 0.4) is 0 Å². The normalized spacial score (nSPS) is 17.0. The fourth-order valence-corrected chi connectivity index (χ4v) is 4.06. The minimum Gasteiger partial charge on any atom is -0.350 e. The maximum Gasteiger partial charge on any atom is 0.223 e. The molecule has 0 saturated carbocycles. The highest BCUT2D eigenvalue weighted by molar-refractivity contribution is 7.15. The first-order valence-electron chi connectivity index (χ1n) is 8.70. The lowest BCUT2D eigenvalue weighted by molar-refractivity contribution is 0.781. The largest absolute Gasteiger partial charge is 0.350 e. The molecule has 3 aromatic heterocycles. The maximum atomic E-state index is 4.84. The molecule has 4 heterocycles. The molecular formula is C19H18N6S. The summed E-state index contributed by atoms with van der Waals surface area (Å²) in [5, 5.41) is 8.83. The van der Waals surface area contributed by atoms with Crippen LogP contribution < -0.4 is 10.6 Å². The Kier molecular flexibility index (Phi) is 3.88. The van der Waals surface area contributed by atoms with E-state index in [1.807, 2.05) is 42.0 Å². The van der Waals surface area contributed by atoms with Crippen molar-refractivity contribution < 1.29 is 0 Å². The molecule has 26 heavy (non-hydrogen) atoms. The van der Waals surface area contributed by atoms with Crippen molar-refractivity contribution in [3.63, 3.8) is 0 Å². The van der Waals surface area contributed by atoms with Crippen molar-refractivity contribution in [2.24, 2.45) is 0 Å². The van der Waals surface area contributed by atoms with E-state index in [-0.39, 0.29) is 0 Å². The first-order chi connectivity index (χ1) is 12.9. The molecule has 130 valence electrons. The zero-order valence-electron chi connectivity index (χ0n) is 14.1. The third-order valence-corrected chi connectivity index (χ3v) is 5.36. The van der Waals surface area contributed by atoms with Crippen LogP contribution in [0.5, 0.6) is 0 Å². The molecule has 0 aliphatic carbocycles. The summed E-state index contributed by atoms with van der Waals surface area (Å²) in [7, 11) is 0. The van der Waals surface area contributed by atoms with Gasteiger partial charge in [-0.25, -0.2) is 15.0 Å². The molecule has 0 spiro atoms. The summed E-state index contributed by atoms with van der Waals surface area (Å²) in [6, 6.07) is 12.6. The highest BCUT2D eigenvalue weighted by atomic mass is 32.1. The van der Waals surface area contributed by atoms with Crippen molar-refractivity contribution in [3.05, 3.63) is 54.2 Å². The minimum absolute atomic E-state index is 0.380. The van der Waals surface area contributed by atoms with E-state index < -0.39 is 0 Å². The van der Waals surface area contributed by atoms with Gasteiger partial charge in [0.15, 0.2) is 4.96 Å². The Hall–Kier alpha value is -2.77. The molecule has 6 nitrogen and oxygen atoms in total. The molecular weight excluding hydrogens is 344 g/mol. The lowest BCUT2D eigenvalue weighted by atomic mass is 10.1. The Morgan fingerprint density at radius 3 is 2.92 bits per heavy atom. The minimum atomic E-state index is 0.380. The topological polar surface area (TPSA) is 67.1 Å². The van der Waals surface area contributed by atoms with Gasteiger partial charge in [0.1, 0.15) is 5.69 Å². The van der Waals surface area contributed by atoms with Crippen molar-refractivity contribution in [2.75, 3.05) is 18.4 Å². The van der Waals surface area contributed by atoms with Gasteiger partial charge in [0, 0.05) is 35.9 Å². The Bertz CT molecular complexity index is 1030. The summed E-state index contributed by atoms with van der Waals surface area (Å²) in [4.78, 5) is 15.0. The van der Waals surface area contributed by atoms with Crippen LogP contribution in [-0.4, -0.2) is 38.5 Å². The van der Waals surface area contributed by atoms with Gasteiger partial charge in [-0.15, -0.1) is 11.3 Å². The van der Waals surface area contributed by atoms with Crippen molar-refractivity contribution in [1.29, 1.82) is 0 Å². The molecule has 4 aromatic rings. The monoisotopic (exact) mass is 362 g/mol. The molecule has 1 aliphatic heterocycles. The maximum absolute atomic E-state index is 4.84. The third kappa shape index (κ3) is 2.75. The number of thiazole rings is 1. The Balaban J connectivity index is 1.61. The SMILES string of the molecule is c1ccc(-c2nc3sccn3c2-c2ccnc(N[C@@H]3CCNC3)n2)cc1. The summed E-state index contributed by atoms with van der Waals surface area (Å²) in [5.74, 6) is 0.667. The number of nitrogens with one attached hydrogen (secondary N) is 2. The van der Waals surface area contributed by atoms with Crippen LogP contribution in [-0.2, 0) is 0 Å². The number of hydrogen-bond donors (Lipinski definition) is 2. The molecule has 1 fully saturated rings. The predicted octanol–water partition coefficient (Wildman–Crippen LogP) is 3.29. The average molecular weight is 362 g/mol. The molecule has 1 aliphatic rings. The van der Waals surface area contributed by atoms with Crippen LogP contribution in [0, 0.1) is 0 Å². The van der Waals surface area contributed by atoms with Gasteiger partial charge in [0.25, 0.3) is 0 Å². The second-order valence-electron chi connectivity index (χ2n) is 6.33. The van der Waals surface area contributed by atoms with Gasteiger partial charge < -0.3 is 10.6 Å². The van der Waals surface area contributed by atoms with Gasteiger partial charge in [0.2, 0.25) is 5.95 Å². The molecule has 1 aromatic carbocycles. The van der Waals surface area contributed by atoms with E-state index in [1.165, 1.54) is 0 Å². The Labute approximate surface area is 155 Å². The van der Waals surface area contributed by atoms with E-state index >= 15 is 0 Å². The van der Waals surface area contributed by atoms with E-state index in [0.717, 1.165) is 47.1 Å². The number of rotatable bonds is 4. The van der Waals surface area contributed by atoms with Gasteiger partial charge in [-0.2, -0.15) is 0 Å². The molecule has 2 N–H and O–H groups in total. The molecule has 5 rings (SSSR count). The molecule has 1 saturated heterocycles. The lowest BCUT2D eigenvalue weighted by Gasteiger charge is -2.12. The number of nitrogens with zero attached hydrogens (tertiary/aromatic N) is 4. The zero-order valence-corrected chi connectivity index (χ0v) is 14.9. The number of aromatic nitrogens is 4. The van der Waals surface area contributed by atoms with Gasteiger partial charge >= 0.3 is 0 Å². The number of fused-ring (bicyclic) bond motifs is 1. The number of imidazole rings is 1. The average Bonchev–Trinajstić information content (AvgIpc) is 3.40. The first kappa shape index (κ1) is 15.5. The predicted molar refractivity (Wildman–Crippen MR) is 104 cm³/mol. The van der Waals surface area contributed by atoms with E-state index in [2.05, 4.69) is 32.2 Å². The summed E-state index contributed by atoms with van der Waals surface area (Å²) in [6.45, 7) is 1.98. The van der Waals surface area contributed by atoms with Crippen LogP contribution in [0.1, 0.15) is 6.42 Å². The number of anilines is 1. The summed E-state index contributed by atoms with van der Waals surface area (Å²) >= 11 is 1.63. The van der Waals surface area contributed by atoms with E-state index in [0.29, 0.717) is 12.0 Å². The van der Waals surface area contributed by atoms with Crippen LogP contribution >= 0.6 is 11.3 Å². The molecule has 0 amide bonds. The third-order valence-electron chi connectivity index (χ3n) is 4.60. The smallest absolute Gasteiger partial charge is 0.223 e. The highest BCUT2D eigenvalue weighted by Crippen LogP contribution is 2.33. The molecule has 0 radical (unpaired) electrons. The standard InChI is InChI=1S/C19H18N6S/c1-2-4-13(5-3-1)16-17(25-10-11-26-19(25)24-16)15-7-9-21-18(23-15)22-14-6-8-20-12-14/h1-5,7,9-11,14,20H,6,8,12H2,(H,21,22,23)/t14-/m1/s1. The fraction of sp³-hybridized carbons (Fsp3) is 0.211. The summed E-state index contributed by atoms with van der Waals surface area (Å²) in [6.07, 6.45) is 4.95. The Morgan fingerprint density at radius 2 is 2.08 bits per heavy atom. The van der Waals surface area contributed by atoms with Gasteiger partial charge in [-0.1, -0.05) is 30.3 Å². The molecule has 1 atom stereocenters. The first-order valence-corrected chi connectivity index (χ1v) is 9.58. The van der Waals surface area contributed by atoms with Gasteiger partial charge in [-0.3, -0.25) is 4.40 Å². The highest BCUT2D eigenvalue weighted by Gasteiger charge is 2.19. The summed E-state index contributed by atoms with van der Waals surface area (Å²) in [5.41, 5.74) is 3.91. The molecule has 0 bridgehead atoms.